The molecule has 78 valence electrons. The van der Waals surface area contributed by atoms with Gasteiger partial charge < -0.3 is 5.73 Å². The highest BCUT2D eigenvalue weighted by molar-refractivity contribution is 7.99. The first-order valence-corrected chi connectivity index (χ1v) is 6.03. The lowest BCUT2D eigenvalue weighted by molar-refractivity contribution is 0.706. The molecule has 1 heterocycles. The lowest BCUT2D eigenvalue weighted by atomic mass is 10.2. The Hall–Kier alpha value is -0.770. The van der Waals surface area contributed by atoms with Crippen LogP contribution in [-0.2, 0) is 0 Å². The van der Waals surface area contributed by atoms with E-state index in [9.17, 15) is 0 Å². The van der Waals surface area contributed by atoms with Crippen LogP contribution in [0, 0.1) is 0 Å². The molecular formula is C10H17N3S. The largest absolute Gasteiger partial charge is 0.384 e. The molecule has 2 N–H and O–H groups in total. The average molecular weight is 211 g/mol. The zero-order chi connectivity index (χ0) is 10.2. The van der Waals surface area contributed by atoms with E-state index in [1.165, 1.54) is 25.7 Å². The molecule has 0 aliphatic carbocycles. The summed E-state index contributed by atoms with van der Waals surface area (Å²) in [5.41, 5.74) is 5.55. The fourth-order valence-electron chi connectivity index (χ4n) is 1.12. The molecule has 0 aromatic carbocycles. The average Bonchev–Trinajstić information content (AvgIpc) is 2.18. The summed E-state index contributed by atoms with van der Waals surface area (Å²) in [6.07, 6.45) is 6.83. The molecule has 0 saturated carbocycles. The lowest BCUT2D eigenvalue weighted by Crippen LogP contribution is -1.93. The second-order valence-electron chi connectivity index (χ2n) is 3.17. The van der Waals surface area contributed by atoms with Gasteiger partial charge in [-0.2, -0.15) is 0 Å². The highest BCUT2D eigenvalue weighted by Crippen LogP contribution is 2.15. The van der Waals surface area contributed by atoms with Crippen LogP contribution in [0.5, 0.6) is 0 Å². The van der Waals surface area contributed by atoms with E-state index >= 15 is 0 Å². The monoisotopic (exact) mass is 211 g/mol. The van der Waals surface area contributed by atoms with Crippen molar-refractivity contribution in [2.75, 3.05) is 11.5 Å². The molecule has 0 radical (unpaired) electrons. The molecular weight excluding hydrogens is 194 g/mol. The molecule has 0 aliphatic heterocycles. The first kappa shape index (κ1) is 11.3. The van der Waals surface area contributed by atoms with Crippen molar-refractivity contribution in [3.05, 3.63) is 12.3 Å². The molecule has 1 rings (SSSR count). The molecule has 0 atom stereocenters. The van der Waals surface area contributed by atoms with Gasteiger partial charge in [-0.05, 0) is 12.5 Å². The summed E-state index contributed by atoms with van der Waals surface area (Å²) in [6.45, 7) is 2.22. The third kappa shape index (κ3) is 4.46. The number of hydrogen-bond donors (Lipinski definition) is 1. The summed E-state index contributed by atoms with van der Waals surface area (Å²) in [5.74, 6) is 1.64. The van der Waals surface area contributed by atoms with Gasteiger partial charge >= 0.3 is 0 Å². The first-order chi connectivity index (χ1) is 6.83. The quantitative estimate of drug-likeness (QED) is 0.446. The predicted octanol–water partition coefficient (Wildman–Crippen LogP) is 2.73. The predicted molar refractivity (Wildman–Crippen MR) is 61.3 cm³/mol. The summed E-state index contributed by atoms with van der Waals surface area (Å²) in [4.78, 5) is 8.25. The van der Waals surface area contributed by atoms with Crippen LogP contribution < -0.4 is 5.73 Å². The number of nitrogen functional groups attached to an aromatic ring is 1. The van der Waals surface area contributed by atoms with Crippen molar-refractivity contribution in [3.8, 4) is 0 Å². The maximum Gasteiger partial charge on any atom is 0.189 e. The standard InChI is InChI=1S/C10H17N3S/c1-2-3-4-5-8-14-10-12-7-6-9(11)13-10/h6-7H,2-5,8H2,1H3,(H2,11,12,13). The molecule has 3 nitrogen and oxygen atoms in total. The minimum atomic E-state index is 0.552. The minimum absolute atomic E-state index is 0.552. The van der Waals surface area contributed by atoms with Gasteiger partial charge in [-0.15, -0.1) is 0 Å². The van der Waals surface area contributed by atoms with Crippen LogP contribution >= 0.6 is 11.8 Å². The number of thioether (sulfide) groups is 1. The van der Waals surface area contributed by atoms with Crippen LogP contribution in [-0.4, -0.2) is 15.7 Å². The Morgan fingerprint density at radius 1 is 1.36 bits per heavy atom. The Bertz CT molecular complexity index is 265. The zero-order valence-corrected chi connectivity index (χ0v) is 9.39. The summed E-state index contributed by atoms with van der Waals surface area (Å²) >= 11 is 1.68. The second-order valence-corrected chi connectivity index (χ2v) is 4.24. The number of rotatable bonds is 6. The Morgan fingerprint density at radius 3 is 2.93 bits per heavy atom. The second kappa shape index (κ2) is 6.65. The van der Waals surface area contributed by atoms with Crippen molar-refractivity contribution >= 4 is 17.6 Å². The van der Waals surface area contributed by atoms with Gasteiger partial charge in [0.25, 0.3) is 0 Å². The van der Waals surface area contributed by atoms with Gasteiger partial charge in [-0.3, -0.25) is 0 Å². The lowest BCUT2D eigenvalue weighted by Gasteiger charge is -2.00. The minimum Gasteiger partial charge on any atom is -0.384 e. The fraction of sp³-hybridized carbons (Fsp3) is 0.600. The molecule has 0 spiro atoms. The Balaban J connectivity index is 2.18. The van der Waals surface area contributed by atoms with E-state index in [2.05, 4.69) is 16.9 Å². The summed E-state index contributed by atoms with van der Waals surface area (Å²) in [6, 6.07) is 1.71. The first-order valence-electron chi connectivity index (χ1n) is 5.04. The normalized spacial score (nSPS) is 10.4. The fourth-order valence-corrected chi connectivity index (χ4v) is 1.95. The zero-order valence-electron chi connectivity index (χ0n) is 8.57. The third-order valence-electron chi connectivity index (χ3n) is 1.88. The van der Waals surface area contributed by atoms with Gasteiger partial charge in [-0.25, -0.2) is 9.97 Å². The number of nitrogens with two attached hydrogens (primary N) is 1. The summed E-state index contributed by atoms with van der Waals surface area (Å²) < 4.78 is 0. The molecule has 0 bridgehead atoms. The van der Waals surface area contributed by atoms with Crippen LogP contribution in [0.4, 0.5) is 5.82 Å². The molecule has 1 aromatic heterocycles. The van der Waals surface area contributed by atoms with Crippen molar-refractivity contribution in [2.24, 2.45) is 0 Å². The molecule has 14 heavy (non-hydrogen) atoms. The van der Waals surface area contributed by atoms with E-state index < -0.39 is 0 Å². The Morgan fingerprint density at radius 2 is 2.21 bits per heavy atom. The van der Waals surface area contributed by atoms with Gasteiger partial charge in [-0.1, -0.05) is 37.9 Å². The molecule has 0 unspecified atom stereocenters. The van der Waals surface area contributed by atoms with E-state index in [0.29, 0.717) is 5.82 Å². The number of unbranched alkanes of at least 4 members (excludes halogenated alkanes) is 3. The van der Waals surface area contributed by atoms with Crippen molar-refractivity contribution < 1.29 is 0 Å². The topological polar surface area (TPSA) is 51.8 Å². The number of nitrogens with zero attached hydrogens (tertiary/aromatic N) is 2. The molecule has 0 saturated heterocycles. The SMILES string of the molecule is CCCCCCSc1nccc(N)n1. The van der Waals surface area contributed by atoms with E-state index in [1.807, 2.05) is 0 Å². The molecule has 0 fully saturated rings. The molecule has 0 amide bonds. The van der Waals surface area contributed by atoms with E-state index in [4.69, 9.17) is 5.73 Å². The van der Waals surface area contributed by atoms with Gasteiger partial charge in [0.05, 0.1) is 0 Å². The smallest absolute Gasteiger partial charge is 0.189 e. The summed E-state index contributed by atoms with van der Waals surface area (Å²) in [5, 5.41) is 0.793. The maximum atomic E-state index is 5.55. The Labute approximate surface area is 89.5 Å². The van der Waals surface area contributed by atoms with Crippen molar-refractivity contribution in [1.29, 1.82) is 0 Å². The van der Waals surface area contributed by atoms with E-state index in [-0.39, 0.29) is 0 Å². The van der Waals surface area contributed by atoms with E-state index in [0.717, 1.165) is 10.9 Å². The number of hydrogen-bond acceptors (Lipinski definition) is 4. The van der Waals surface area contributed by atoms with E-state index in [1.54, 1.807) is 24.0 Å². The van der Waals surface area contributed by atoms with Crippen LogP contribution in [0.25, 0.3) is 0 Å². The maximum absolute atomic E-state index is 5.55. The molecule has 1 aromatic rings. The van der Waals surface area contributed by atoms with Crippen molar-refractivity contribution in [2.45, 2.75) is 37.8 Å². The van der Waals surface area contributed by atoms with Gasteiger partial charge in [0.2, 0.25) is 0 Å². The number of aromatic nitrogens is 2. The van der Waals surface area contributed by atoms with Crippen molar-refractivity contribution in [1.82, 2.24) is 9.97 Å². The Kier molecular flexibility index (Phi) is 5.37. The van der Waals surface area contributed by atoms with Crippen LogP contribution in [0.1, 0.15) is 32.6 Å². The number of anilines is 1. The van der Waals surface area contributed by atoms with Crippen LogP contribution in [0.2, 0.25) is 0 Å². The van der Waals surface area contributed by atoms with Crippen LogP contribution in [0.3, 0.4) is 0 Å². The molecule has 0 aliphatic rings. The third-order valence-corrected chi connectivity index (χ3v) is 2.83. The highest BCUT2D eigenvalue weighted by atomic mass is 32.2. The van der Waals surface area contributed by atoms with Gasteiger partial charge in [0, 0.05) is 11.9 Å². The van der Waals surface area contributed by atoms with Gasteiger partial charge in [0.15, 0.2) is 5.16 Å². The summed E-state index contributed by atoms with van der Waals surface area (Å²) in [7, 11) is 0. The van der Waals surface area contributed by atoms with Gasteiger partial charge in [0.1, 0.15) is 5.82 Å². The van der Waals surface area contributed by atoms with Crippen LogP contribution in [0.15, 0.2) is 17.4 Å². The molecule has 4 heteroatoms. The highest BCUT2D eigenvalue weighted by Gasteiger charge is 1.97. The van der Waals surface area contributed by atoms with Crippen molar-refractivity contribution in [3.63, 3.8) is 0 Å².